The molecule has 0 N–H and O–H groups in total. The van der Waals surface area contributed by atoms with Gasteiger partial charge in [-0.1, -0.05) is 127 Å². The van der Waals surface area contributed by atoms with Crippen molar-refractivity contribution in [3.63, 3.8) is 0 Å². The number of fused-ring (bicyclic) bond motifs is 7. The van der Waals surface area contributed by atoms with Gasteiger partial charge in [-0.15, -0.1) is 0 Å². The SMILES string of the molecule is c1ccc(-n2c(-c3cc(-c4ccc5c(c4)c4ccccc4n5-c4ccccc4)cc(-c4cccc(-c5ccc(-n6c7ccccc7c7ccccc76)cc5)n4)c3)nc3ccccc32)cc1. The van der Waals surface area contributed by atoms with Gasteiger partial charge < -0.3 is 9.13 Å². The molecule has 0 fully saturated rings. The zero-order valence-corrected chi connectivity index (χ0v) is 35.3. The van der Waals surface area contributed by atoms with Crippen molar-refractivity contribution in [1.82, 2.24) is 23.7 Å². The normalized spacial score (nSPS) is 11.7. The lowest BCUT2D eigenvalue weighted by Gasteiger charge is -2.14. The van der Waals surface area contributed by atoms with Gasteiger partial charge in [0.2, 0.25) is 0 Å². The predicted molar refractivity (Wildman–Crippen MR) is 269 cm³/mol. The molecule has 4 heterocycles. The molecule has 0 aliphatic rings. The van der Waals surface area contributed by atoms with E-state index in [1.54, 1.807) is 0 Å². The number of pyridine rings is 1. The highest BCUT2D eigenvalue weighted by atomic mass is 15.1. The van der Waals surface area contributed by atoms with Crippen LogP contribution in [0.1, 0.15) is 0 Å². The Morgan fingerprint density at radius 1 is 0.246 bits per heavy atom. The number of imidazole rings is 1. The van der Waals surface area contributed by atoms with E-state index in [2.05, 4.69) is 250 Å². The molecule has 0 saturated carbocycles. The Balaban J connectivity index is 0.974. The van der Waals surface area contributed by atoms with Crippen molar-refractivity contribution < 1.29 is 0 Å². The molecule has 0 spiro atoms. The molecule has 0 aliphatic carbocycles. The first-order valence-corrected chi connectivity index (χ1v) is 22.1. The summed E-state index contributed by atoms with van der Waals surface area (Å²) in [6.07, 6.45) is 0. The zero-order chi connectivity index (χ0) is 42.8. The first-order chi connectivity index (χ1) is 32.2. The fraction of sp³-hybridized carbons (Fsp3) is 0. The molecule has 5 heteroatoms. The van der Waals surface area contributed by atoms with Crippen molar-refractivity contribution >= 4 is 54.6 Å². The van der Waals surface area contributed by atoms with E-state index in [0.717, 1.165) is 73.1 Å². The van der Waals surface area contributed by atoms with Crippen molar-refractivity contribution in [2.24, 2.45) is 0 Å². The highest BCUT2D eigenvalue weighted by Crippen LogP contribution is 2.39. The van der Waals surface area contributed by atoms with Crippen LogP contribution in [-0.4, -0.2) is 23.7 Å². The summed E-state index contributed by atoms with van der Waals surface area (Å²) in [6.45, 7) is 0. The molecule has 65 heavy (non-hydrogen) atoms. The monoisotopic (exact) mass is 829 g/mol. The van der Waals surface area contributed by atoms with E-state index in [4.69, 9.17) is 9.97 Å². The van der Waals surface area contributed by atoms with Crippen LogP contribution < -0.4 is 0 Å². The van der Waals surface area contributed by atoms with E-state index in [9.17, 15) is 0 Å². The van der Waals surface area contributed by atoms with Crippen molar-refractivity contribution in [3.05, 3.63) is 237 Å². The summed E-state index contributed by atoms with van der Waals surface area (Å²) in [6, 6.07) is 84.4. The smallest absolute Gasteiger partial charge is 0.145 e. The minimum atomic E-state index is 0.874. The Hall–Kier alpha value is -8.80. The molecule has 0 saturated heterocycles. The lowest BCUT2D eigenvalue weighted by molar-refractivity contribution is 1.10. The molecular formula is C60H39N5. The Kier molecular flexibility index (Phi) is 8.46. The van der Waals surface area contributed by atoms with Gasteiger partial charge in [-0.05, 0) is 120 Å². The second-order valence-corrected chi connectivity index (χ2v) is 16.6. The highest BCUT2D eigenvalue weighted by molar-refractivity contribution is 6.11. The summed E-state index contributed by atoms with van der Waals surface area (Å²) in [5, 5.41) is 4.92. The quantitative estimate of drug-likeness (QED) is 0.161. The Morgan fingerprint density at radius 2 is 0.708 bits per heavy atom. The molecule has 0 aliphatic heterocycles. The lowest BCUT2D eigenvalue weighted by atomic mass is 9.96. The van der Waals surface area contributed by atoms with Crippen molar-refractivity contribution in [2.75, 3.05) is 0 Å². The summed E-state index contributed by atoms with van der Waals surface area (Å²) in [4.78, 5) is 10.7. The summed E-state index contributed by atoms with van der Waals surface area (Å²) < 4.78 is 6.99. The van der Waals surface area contributed by atoms with E-state index in [0.29, 0.717) is 0 Å². The van der Waals surface area contributed by atoms with Crippen LogP contribution in [-0.2, 0) is 0 Å². The topological polar surface area (TPSA) is 40.6 Å². The number of aromatic nitrogens is 5. The van der Waals surface area contributed by atoms with Gasteiger partial charge in [-0.25, -0.2) is 9.97 Å². The molecule has 4 aromatic heterocycles. The minimum absolute atomic E-state index is 0.874. The molecule has 0 unspecified atom stereocenters. The van der Waals surface area contributed by atoms with Crippen molar-refractivity contribution in [3.8, 4) is 62.1 Å². The second kappa shape index (κ2) is 14.9. The maximum absolute atomic E-state index is 5.39. The third-order valence-electron chi connectivity index (χ3n) is 12.8. The van der Waals surface area contributed by atoms with Gasteiger partial charge in [0.05, 0.1) is 44.5 Å². The van der Waals surface area contributed by atoms with Crippen molar-refractivity contribution in [2.45, 2.75) is 0 Å². The van der Waals surface area contributed by atoms with Crippen LogP contribution in [0, 0.1) is 0 Å². The molecule has 0 radical (unpaired) electrons. The number of rotatable bonds is 7. The van der Waals surface area contributed by atoms with Crippen LogP contribution in [0.4, 0.5) is 0 Å². The lowest BCUT2D eigenvalue weighted by Crippen LogP contribution is -1.98. The van der Waals surface area contributed by atoms with E-state index in [-0.39, 0.29) is 0 Å². The third-order valence-corrected chi connectivity index (χ3v) is 12.8. The van der Waals surface area contributed by atoms with Crippen LogP contribution in [0.25, 0.3) is 117 Å². The van der Waals surface area contributed by atoms with Crippen LogP contribution >= 0.6 is 0 Å². The molecule has 0 atom stereocenters. The number of nitrogens with zero attached hydrogens (tertiary/aromatic N) is 5. The summed E-state index contributed by atoms with van der Waals surface area (Å²) >= 11 is 0. The molecule has 0 bridgehead atoms. The summed E-state index contributed by atoms with van der Waals surface area (Å²) in [5.41, 5.74) is 17.1. The Morgan fingerprint density at radius 3 is 1.35 bits per heavy atom. The largest absolute Gasteiger partial charge is 0.309 e. The van der Waals surface area contributed by atoms with Crippen molar-refractivity contribution in [1.29, 1.82) is 0 Å². The average Bonchev–Trinajstić information content (AvgIpc) is 4.05. The van der Waals surface area contributed by atoms with Crippen LogP contribution in [0.5, 0.6) is 0 Å². The average molecular weight is 830 g/mol. The third kappa shape index (κ3) is 6.09. The van der Waals surface area contributed by atoms with Gasteiger partial charge >= 0.3 is 0 Å². The van der Waals surface area contributed by atoms with Gasteiger partial charge in [-0.2, -0.15) is 0 Å². The molecule has 304 valence electrons. The number of hydrogen-bond acceptors (Lipinski definition) is 2. The van der Waals surface area contributed by atoms with Crippen LogP contribution in [0.15, 0.2) is 237 Å². The number of benzene rings is 9. The molecule has 13 aromatic rings. The summed E-state index contributed by atoms with van der Waals surface area (Å²) in [5.74, 6) is 0.874. The van der Waals surface area contributed by atoms with E-state index < -0.39 is 0 Å². The van der Waals surface area contributed by atoms with Crippen LogP contribution in [0.3, 0.4) is 0 Å². The standard InChI is InChI=1S/C60H39N5/c1-3-16-45(17-4-1)63-57-28-13-9-22-50(57)51-39-41(32-35-58(51)63)42-36-43(38-44(37-42)60-62-54-23-10-14-29-59(54)65(60)46-18-5-2-6-19-46)53-25-15-24-52(61-53)40-30-33-47(34-31-40)64-55-26-11-7-20-48(55)49-21-8-12-27-56(49)64/h1-39H. The van der Waals surface area contributed by atoms with Gasteiger partial charge in [-0.3, -0.25) is 4.57 Å². The molecular weight excluding hydrogens is 791 g/mol. The second-order valence-electron chi connectivity index (χ2n) is 16.6. The highest BCUT2D eigenvalue weighted by Gasteiger charge is 2.19. The molecule has 9 aromatic carbocycles. The number of hydrogen-bond donors (Lipinski definition) is 0. The minimum Gasteiger partial charge on any atom is -0.309 e. The van der Waals surface area contributed by atoms with E-state index >= 15 is 0 Å². The zero-order valence-electron chi connectivity index (χ0n) is 35.3. The maximum Gasteiger partial charge on any atom is 0.145 e. The van der Waals surface area contributed by atoms with Gasteiger partial charge in [0.1, 0.15) is 5.82 Å². The first kappa shape index (κ1) is 36.8. The first-order valence-electron chi connectivity index (χ1n) is 22.1. The molecule has 5 nitrogen and oxygen atoms in total. The molecule has 13 rings (SSSR count). The van der Waals surface area contributed by atoms with E-state index in [1.807, 2.05) is 0 Å². The van der Waals surface area contributed by atoms with Crippen LogP contribution in [0.2, 0.25) is 0 Å². The van der Waals surface area contributed by atoms with E-state index in [1.165, 1.54) is 43.6 Å². The Bertz CT molecular complexity index is 3880. The van der Waals surface area contributed by atoms with Gasteiger partial charge in [0.25, 0.3) is 0 Å². The van der Waals surface area contributed by atoms with Gasteiger partial charge in [0.15, 0.2) is 0 Å². The van der Waals surface area contributed by atoms with Gasteiger partial charge in [0, 0.05) is 55.3 Å². The maximum atomic E-state index is 5.39. The fourth-order valence-corrected chi connectivity index (χ4v) is 9.88. The molecule has 0 amide bonds. The predicted octanol–water partition coefficient (Wildman–Crippen LogP) is 15.3. The fourth-order valence-electron chi connectivity index (χ4n) is 9.88. The Labute approximate surface area is 375 Å². The summed E-state index contributed by atoms with van der Waals surface area (Å²) in [7, 11) is 0. The number of para-hydroxylation sites is 7.